The number of hydrogen-bond acceptors (Lipinski definition) is 8. The standard InChI is InChI=1S/C23H38N2O8/c1-9-23(7,8)14-17(6)18(24-21(28)32-12-10-30-19(26)15(2)3)25-22(29)33-13-11-31-20(27)16(4)5/h17-18H,2,4,9-14H2,1,3,5-8H3,(H,24,28)(H,25,29). The van der Waals surface area contributed by atoms with Gasteiger partial charge in [-0.05, 0) is 31.6 Å². The van der Waals surface area contributed by atoms with E-state index >= 15 is 0 Å². The van der Waals surface area contributed by atoms with Gasteiger partial charge in [-0.15, -0.1) is 0 Å². The lowest BCUT2D eigenvalue weighted by Crippen LogP contribution is -2.52. The molecule has 0 aliphatic heterocycles. The highest BCUT2D eigenvalue weighted by Crippen LogP contribution is 2.29. The second-order valence-corrected chi connectivity index (χ2v) is 8.57. The molecule has 0 heterocycles. The highest BCUT2D eigenvalue weighted by Gasteiger charge is 2.28. The molecule has 10 heteroatoms. The number of nitrogens with one attached hydrogen (secondary N) is 2. The highest BCUT2D eigenvalue weighted by atomic mass is 16.6. The Hall–Kier alpha value is -3.04. The topological polar surface area (TPSA) is 129 Å². The van der Waals surface area contributed by atoms with Crippen LogP contribution in [0.3, 0.4) is 0 Å². The van der Waals surface area contributed by atoms with Gasteiger partial charge in [-0.2, -0.15) is 0 Å². The summed E-state index contributed by atoms with van der Waals surface area (Å²) in [5.41, 5.74) is 0.454. The Morgan fingerprint density at radius 2 is 1.15 bits per heavy atom. The van der Waals surface area contributed by atoms with E-state index in [-0.39, 0.29) is 48.9 Å². The largest absolute Gasteiger partial charge is 0.459 e. The maximum Gasteiger partial charge on any atom is 0.408 e. The molecule has 0 aliphatic carbocycles. The van der Waals surface area contributed by atoms with E-state index in [1.165, 1.54) is 13.8 Å². The van der Waals surface area contributed by atoms with Crippen molar-refractivity contribution in [2.45, 2.75) is 60.5 Å². The number of ether oxygens (including phenoxy) is 4. The molecule has 0 spiro atoms. The average molecular weight is 471 g/mol. The van der Waals surface area contributed by atoms with Gasteiger partial charge in [0.25, 0.3) is 0 Å². The Kier molecular flexibility index (Phi) is 13.5. The van der Waals surface area contributed by atoms with Crippen LogP contribution in [-0.2, 0) is 28.5 Å². The zero-order valence-electron chi connectivity index (χ0n) is 20.6. The third kappa shape index (κ3) is 13.9. The first kappa shape index (κ1) is 30.0. The molecule has 0 aromatic rings. The van der Waals surface area contributed by atoms with Crippen LogP contribution in [0.2, 0.25) is 0 Å². The minimum Gasteiger partial charge on any atom is -0.459 e. The Morgan fingerprint density at radius 1 is 0.788 bits per heavy atom. The summed E-state index contributed by atoms with van der Waals surface area (Å²) in [6, 6.07) is 0. The fraction of sp³-hybridized carbons (Fsp3) is 0.652. The van der Waals surface area contributed by atoms with Crippen LogP contribution in [0.5, 0.6) is 0 Å². The van der Waals surface area contributed by atoms with Crippen molar-refractivity contribution in [3.05, 3.63) is 24.3 Å². The Balaban J connectivity index is 4.80. The van der Waals surface area contributed by atoms with E-state index in [2.05, 4.69) is 44.6 Å². The molecule has 1 atom stereocenters. The maximum absolute atomic E-state index is 12.2. The van der Waals surface area contributed by atoms with Gasteiger partial charge in [-0.25, -0.2) is 19.2 Å². The predicted octanol–water partition coefficient (Wildman–Crippen LogP) is 3.47. The first-order valence-electron chi connectivity index (χ1n) is 10.8. The number of carbonyl (C=O) groups is 4. The zero-order chi connectivity index (χ0) is 25.6. The van der Waals surface area contributed by atoms with Crippen molar-refractivity contribution in [3.8, 4) is 0 Å². The minimum absolute atomic E-state index is 0.0255. The summed E-state index contributed by atoms with van der Waals surface area (Å²) in [6.07, 6.45) is -0.763. The van der Waals surface area contributed by atoms with E-state index in [1.807, 2.05) is 6.92 Å². The summed E-state index contributed by atoms with van der Waals surface area (Å²) >= 11 is 0. The molecule has 0 aromatic heterocycles. The molecule has 2 N–H and O–H groups in total. The van der Waals surface area contributed by atoms with Crippen molar-refractivity contribution in [1.82, 2.24) is 10.6 Å². The van der Waals surface area contributed by atoms with Gasteiger partial charge in [-0.3, -0.25) is 0 Å². The number of hydrogen-bond donors (Lipinski definition) is 2. The lowest BCUT2D eigenvalue weighted by Gasteiger charge is -2.32. The summed E-state index contributed by atoms with van der Waals surface area (Å²) < 4.78 is 19.8. The van der Waals surface area contributed by atoms with Crippen molar-refractivity contribution < 1.29 is 38.1 Å². The smallest absolute Gasteiger partial charge is 0.408 e. The third-order valence-electron chi connectivity index (χ3n) is 4.74. The summed E-state index contributed by atoms with van der Waals surface area (Å²) in [6.45, 7) is 17.5. The normalized spacial score (nSPS) is 11.7. The van der Waals surface area contributed by atoms with Crippen molar-refractivity contribution in [2.24, 2.45) is 11.3 Å². The monoisotopic (exact) mass is 470 g/mol. The molecule has 0 aliphatic rings. The summed E-state index contributed by atoms with van der Waals surface area (Å²) in [7, 11) is 0. The van der Waals surface area contributed by atoms with Gasteiger partial charge in [0.05, 0.1) is 0 Å². The van der Waals surface area contributed by atoms with E-state index < -0.39 is 30.3 Å². The Labute approximate surface area is 196 Å². The molecule has 0 radical (unpaired) electrons. The van der Waals surface area contributed by atoms with Crippen molar-refractivity contribution in [3.63, 3.8) is 0 Å². The molecule has 0 rings (SSSR count). The van der Waals surface area contributed by atoms with Crippen LogP contribution in [0.25, 0.3) is 0 Å². The fourth-order valence-electron chi connectivity index (χ4n) is 2.58. The molecule has 10 nitrogen and oxygen atoms in total. The number of amides is 2. The van der Waals surface area contributed by atoms with E-state index in [0.29, 0.717) is 6.42 Å². The maximum atomic E-state index is 12.2. The van der Waals surface area contributed by atoms with Crippen LogP contribution in [0.4, 0.5) is 9.59 Å². The van der Waals surface area contributed by atoms with Crippen LogP contribution in [0, 0.1) is 11.3 Å². The van der Waals surface area contributed by atoms with Gasteiger partial charge >= 0.3 is 24.1 Å². The first-order valence-corrected chi connectivity index (χ1v) is 10.8. The lowest BCUT2D eigenvalue weighted by molar-refractivity contribution is -0.140. The van der Waals surface area contributed by atoms with E-state index in [1.54, 1.807) is 0 Å². The summed E-state index contributed by atoms with van der Waals surface area (Å²) in [5.74, 6) is -1.32. The molecule has 0 aromatic carbocycles. The highest BCUT2D eigenvalue weighted by molar-refractivity contribution is 5.87. The zero-order valence-corrected chi connectivity index (χ0v) is 20.6. The number of carbonyl (C=O) groups excluding carboxylic acids is 4. The summed E-state index contributed by atoms with van der Waals surface area (Å²) in [4.78, 5) is 47.1. The number of rotatable bonds is 14. The van der Waals surface area contributed by atoms with Gasteiger partial charge in [0.1, 0.15) is 32.6 Å². The molecule has 0 saturated carbocycles. The molecule has 0 saturated heterocycles. The molecule has 33 heavy (non-hydrogen) atoms. The second-order valence-electron chi connectivity index (χ2n) is 8.57. The molecular weight excluding hydrogens is 432 g/mol. The van der Waals surface area contributed by atoms with Crippen molar-refractivity contribution >= 4 is 24.1 Å². The molecule has 0 fully saturated rings. The minimum atomic E-state index is -0.789. The Bertz CT molecular complexity index is 669. The van der Waals surface area contributed by atoms with Crippen molar-refractivity contribution in [1.29, 1.82) is 0 Å². The summed E-state index contributed by atoms with van der Waals surface area (Å²) in [5, 5.41) is 5.20. The van der Waals surface area contributed by atoms with Gasteiger partial charge in [0.15, 0.2) is 0 Å². The molecular formula is C23H38N2O8. The van der Waals surface area contributed by atoms with Crippen LogP contribution in [-0.4, -0.2) is 56.7 Å². The first-order chi connectivity index (χ1) is 15.3. The average Bonchev–Trinajstić information content (AvgIpc) is 2.72. The van der Waals surface area contributed by atoms with Crippen molar-refractivity contribution in [2.75, 3.05) is 26.4 Å². The van der Waals surface area contributed by atoms with Crippen LogP contribution >= 0.6 is 0 Å². The molecule has 188 valence electrons. The predicted molar refractivity (Wildman–Crippen MR) is 122 cm³/mol. The molecule has 2 amide bonds. The molecule has 0 bridgehead atoms. The van der Waals surface area contributed by atoms with Gasteiger partial charge in [0, 0.05) is 11.1 Å². The van der Waals surface area contributed by atoms with E-state index in [0.717, 1.165) is 6.42 Å². The Morgan fingerprint density at radius 3 is 1.48 bits per heavy atom. The molecule has 1 unspecified atom stereocenters. The van der Waals surface area contributed by atoms with Gasteiger partial charge in [0.2, 0.25) is 0 Å². The number of alkyl carbamates (subject to hydrolysis) is 2. The number of esters is 2. The fourth-order valence-corrected chi connectivity index (χ4v) is 2.58. The second kappa shape index (κ2) is 14.9. The quantitative estimate of drug-likeness (QED) is 0.130. The van der Waals surface area contributed by atoms with Gasteiger partial charge in [-0.1, -0.05) is 47.3 Å². The SMILES string of the molecule is C=C(C)C(=O)OCCOC(=O)NC(NC(=O)OCCOC(=O)C(=C)C)C(C)CC(C)(C)CC. The van der Waals surface area contributed by atoms with Gasteiger partial charge < -0.3 is 29.6 Å². The van der Waals surface area contributed by atoms with Crippen LogP contribution in [0.15, 0.2) is 24.3 Å². The van der Waals surface area contributed by atoms with E-state index in [4.69, 9.17) is 18.9 Å². The third-order valence-corrected chi connectivity index (χ3v) is 4.74. The van der Waals surface area contributed by atoms with E-state index in [9.17, 15) is 19.2 Å². The van der Waals surface area contributed by atoms with Crippen LogP contribution in [0.1, 0.15) is 54.4 Å². The lowest BCUT2D eigenvalue weighted by atomic mass is 9.80. The van der Waals surface area contributed by atoms with Crippen LogP contribution < -0.4 is 10.6 Å².